The molecule has 2 aromatic rings. The number of ether oxygens (including phenoxy) is 3. The molecule has 0 spiro atoms. The summed E-state index contributed by atoms with van der Waals surface area (Å²) in [7, 11) is 6.02. The first-order chi connectivity index (χ1) is 12.8. The summed E-state index contributed by atoms with van der Waals surface area (Å²) < 4.78 is 53.7. The second kappa shape index (κ2) is 8.80. The number of halogens is 3. The van der Waals surface area contributed by atoms with Gasteiger partial charge < -0.3 is 24.8 Å². The minimum absolute atomic E-state index is 0.0881. The molecule has 0 saturated heterocycles. The smallest absolute Gasteiger partial charge is 0.434 e. The van der Waals surface area contributed by atoms with E-state index in [1.54, 1.807) is 12.1 Å². The molecular formula is C16H19F3N4O3S. The van der Waals surface area contributed by atoms with Gasteiger partial charge in [-0.3, -0.25) is 4.99 Å². The highest BCUT2D eigenvalue weighted by atomic mass is 32.1. The van der Waals surface area contributed by atoms with E-state index in [1.807, 2.05) is 0 Å². The topological polar surface area (TPSA) is 77.0 Å². The average Bonchev–Trinajstić information content (AvgIpc) is 3.13. The third-order valence-electron chi connectivity index (χ3n) is 3.40. The molecule has 1 heterocycles. The van der Waals surface area contributed by atoms with Crippen molar-refractivity contribution >= 4 is 23.0 Å². The Kier molecular flexibility index (Phi) is 6.72. The van der Waals surface area contributed by atoms with E-state index in [0.717, 1.165) is 16.7 Å². The minimum Gasteiger partial charge on any atom is -0.493 e. The van der Waals surface area contributed by atoms with Gasteiger partial charge in [-0.2, -0.15) is 13.2 Å². The van der Waals surface area contributed by atoms with Crippen molar-refractivity contribution < 1.29 is 27.4 Å². The maximum absolute atomic E-state index is 12.6. The number of nitrogens with zero attached hydrogens (tertiary/aromatic N) is 2. The molecule has 2 rings (SSSR count). The van der Waals surface area contributed by atoms with Crippen LogP contribution < -0.4 is 24.8 Å². The summed E-state index contributed by atoms with van der Waals surface area (Å²) in [6, 6.07) is 3.36. The largest absolute Gasteiger partial charge is 0.493 e. The lowest BCUT2D eigenvalue weighted by atomic mass is 10.2. The highest BCUT2D eigenvalue weighted by Gasteiger charge is 2.33. The standard InChI is InChI=1S/C16H19F3N4O3S/c1-20-15(21-7-13-23-12(8-27-13)16(17,18)19)22-9-5-10(24-2)14(26-4)11(6-9)25-3/h5-6,8H,7H2,1-4H3,(H2,20,21,22). The van der Waals surface area contributed by atoms with E-state index in [4.69, 9.17) is 14.2 Å². The maximum atomic E-state index is 12.6. The number of anilines is 1. The van der Waals surface area contributed by atoms with Gasteiger partial charge in [0.1, 0.15) is 5.01 Å². The fourth-order valence-electron chi connectivity index (χ4n) is 2.15. The van der Waals surface area contributed by atoms with Gasteiger partial charge in [0.2, 0.25) is 5.75 Å². The van der Waals surface area contributed by atoms with Crippen LogP contribution in [0, 0.1) is 0 Å². The molecule has 1 aromatic heterocycles. The Balaban J connectivity index is 2.10. The molecule has 0 radical (unpaired) electrons. The molecule has 0 fully saturated rings. The molecule has 0 bridgehead atoms. The summed E-state index contributed by atoms with van der Waals surface area (Å²) >= 11 is 0.919. The van der Waals surface area contributed by atoms with Crippen LogP contribution in [0.5, 0.6) is 17.2 Å². The quantitative estimate of drug-likeness (QED) is 0.568. The first kappa shape index (κ1) is 20.6. The fourth-order valence-corrected chi connectivity index (χ4v) is 2.89. The average molecular weight is 404 g/mol. The summed E-state index contributed by atoms with van der Waals surface area (Å²) in [5.74, 6) is 1.68. The van der Waals surface area contributed by atoms with Crippen LogP contribution in [0.3, 0.4) is 0 Å². The number of hydrogen-bond acceptors (Lipinski definition) is 6. The Hall–Kier alpha value is -2.69. The van der Waals surface area contributed by atoms with Crippen molar-refractivity contribution in [3.8, 4) is 17.2 Å². The van der Waals surface area contributed by atoms with Gasteiger partial charge in [-0.05, 0) is 0 Å². The van der Waals surface area contributed by atoms with E-state index in [2.05, 4.69) is 20.6 Å². The van der Waals surface area contributed by atoms with E-state index in [0.29, 0.717) is 28.9 Å². The number of benzene rings is 1. The number of alkyl halides is 3. The van der Waals surface area contributed by atoms with Crippen molar-refractivity contribution in [1.29, 1.82) is 0 Å². The van der Waals surface area contributed by atoms with Crippen LogP contribution in [0.15, 0.2) is 22.5 Å². The molecule has 148 valence electrons. The van der Waals surface area contributed by atoms with Crippen molar-refractivity contribution in [2.45, 2.75) is 12.7 Å². The zero-order valence-corrected chi connectivity index (χ0v) is 15.9. The molecule has 0 atom stereocenters. The molecule has 11 heteroatoms. The van der Waals surface area contributed by atoms with Gasteiger partial charge in [-0.1, -0.05) is 0 Å². The molecule has 0 aliphatic rings. The lowest BCUT2D eigenvalue weighted by Crippen LogP contribution is -2.30. The van der Waals surface area contributed by atoms with Crippen LogP contribution >= 0.6 is 11.3 Å². The Morgan fingerprint density at radius 2 is 1.78 bits per heavy atom. The van der Waals surface area contributed by atoms with E-state index >= 15 is 0 Å². The van der Waals surface area contributed by atoms with Gasteiger partial charge >= 0.3 is 6.18 Å². The summed E-state index contributed by atoms with van der Waals surface area (Å²) in [6.45, 7) is 0.0881. The predicted octanol–water partition coefficient (Wildman–Crippen LogP) is 3.38. The van der Waals surface area contributed by atoms with Crippen molar-refractivity contribution in [3.63, 3.8) is 0 Å². The minimum atomic E-state index is -4.45. The molecule has 0 aliphatic heterocycles. The van der Waals surface area contributed by atoms with Crippen LogP contribution in [0.2, 0.25) is 0 Å². The second-order valence-electron chi connectivity index (χ2n) is 5.09. The monoisotopic (exact) mass is 404 g/mol. The highest BCUT2D eigenvalue weighted by molar-refractivity contribution is 7.09. The second-order valence-corrected chi connectivity index (χ2v) is 6.03. The van der Waals surface area contributed by atoms with Gasteiger partial charge in [0, 0.05) is 30.2 Å². The number of nitrogens with one attached hydrogen (secondary N) is 2. The lowest BCUT2D eigenvalue weighted by Gasteiger charge is -2.16. The van der Waals surface area contributed by atoms with Gasteiger partial charge in [-0.15, -0.1) is 11.3 Å². The van der Waals surface area contributed by atoms with E-state index < -0.39 is 11.9 Å². The normalized spacial score (nSPS) is 11.9. The Labute approximate surface area is 158 Å². The number of aliphatic imine (C=N–C) groups is 1. The van der Waals surface area contributed by atoms with E-state index in [-0.39, 0.29) is 11.6 Å². The van der Waals surface area contributed by atoms with Crippen molar-refractivity contribution in [2.75, 3.05) is 33.7 Å². The zero-order chi connectivity index (χ0) is 20.0. The number of rotatable bonds is 6. The third-order valence-corrected chi connectivity index (χ3v) is 4.25. The molecule has 27 heavy (non-hydrogen) atoms. The van der Waals surface area contributed by atoms with Crippen LogP contribution in [0.25, 0.3) is 0 Å². The molecule has 1 aromatic carbocycles. The fraction of sp³-hybridized carbons (Fsp3) is 0.375. The van der Waals surface area contributed by atoms with Crippen LogP contribution in [0.4, 0.5) is 18.9 Å². The predicted molar refractivity (Wildman–Crippen MR) is 97.0 cm³/mol. The summed E-state index contributed by atoms with van der Waals surface area (Å²) in [5.41, 5.74) is -0.315. The molecule has 0 aliphatic carbocycles. The van der Waals surface area contributed by atoms with Crippen LogP contribution in [-0.4, -0.2) is 39.3 Å². The zero-order valence-electron chi connectivity index (χ0n) is 15.1. The maximum Gasteiger partial charge on any atom is 0.434 e. The van der Waals surface area contributed by atoms with E-state index in [9.17, 15) is 13.2 Å². The summed E-state index contributed by atoms with van der Waals surface area (Å²) in [4.78, 5) is 7.61. The number of guanidine groups is 1. The third kappa shape index (κ3) is 5.16. The molecule has 0 saturated carbocycles. The Morgan fingerprint density at radius 3 is 2.22 bits per heavy atom. The van der Waals surface area contributed by atoms with Crippen molar-refractivity contribution in [1.82, 2.24) is 10.3 Å². The number of methoxy groups -OCH3 is 3. The number of aromatic nitrogens is 1. The van der Waals surface area contributed by atoms with Gasteiger partial charge in [0.05, 0.1) is 27.9 Å². The van der Waals surface area contributed by atoms with Crippen molar-refractivity contribution in [3.05, 3.63) is 28.2 Å². The van der Waals surface area contributed by atoms with Gasteiger partial charge in [-0.25, -0.2) is 4.98 Å². The molecule has 7 nitrogen and oxygen atoms in total. The summed E-state index contributed by atoms with van der Waals surface area (Å²) in [5, 5.41) is 7.19. The molecular weight excluding hydrogens is 385 g/mol. The molecule has 0 unspecified atom stereocenters. The SMILES string of the molecule is CN=C(NCc1nc(C(F)(F)F)cs1)Nc1cc(OC)c(OC)c(OC)c1. The van der Waals surface area contributed by atoms with Crippen LogP contribution in [0.1, 0.15) is 10.7 Å². The first-order valence-electron chi connectivity index (χ1n) is 7.61. The number of hydrogen-bond donors (Lipinski definition) is 2. The molecule has 2 N–H and O–H groups in total. The molecule has 0 amide bonds. The van der Waals surface area contributed by atoms with Gasteiger partial charge in [0.15, 0.2) is 23.2 Å². The number of thiazole rings is 1. The van der Waals surface area contributed by atoms with E-state index in [1.165, 1.54) is 28.4 Å². The van der Waals surface area contributed by atoms with Crippen molar-refractivity contribution in [2.24, 2.45) is 4.99 Å². The first-order valence-corrected chi connectivity index (χ1v) is 8.49. The Morgan fingerprint density at radius 1 is 1.15 bits per heavy atom. The summed E-state index contributed by atoms with van der Waals surface area (Å²) in [6.07, 6.45) is -4.45. The van der Waals surface area contributed by atoms with Crippen LogP contribution in [-0.2, 0) is 12.7 Å². The lowest BCUT2D eigenvalue weighted by molar-refractivity contribution is -0.140. The van der Waals surface area contributed by atoms with Gasteiger partial charge in [0.25, 0.3) is 0 Å². The Bertz CT molecular complexity index is 783. The highest BCUT2D eigenvalue weighted by Crippen LogP contribution is 2.39.